The Morgan fingerprint density at radius 2 is 0.887 bits per heavy atom. The van der Waals surface area contributed by atoms with Crippen molar-refractivity contribution in [1.29, 1.82) is 0 Å². The van der Waals surface area contributed by atoms with Crippen LogP contribution in [0.5, 0.6) is 0 Å². The average molecular weight is 677 g/mol. The second-order valence-corrected chi connectivity index (χ2v) is 13.7. The van der Waals surface area contributed by atoms with Crippen LogP contribution in [-0.4, -0.2) is 4.57 Å². The first-order valence-corrected chi connectivity index (χ1v) is 18.1. The van der Waals surface area contributed by atoms with Gasteiger partial charge in [0.05, 0.1) is 33.8 Å². The number of furan rings is 1. The first-order valence-electron chi connectivity index (χ1n) is 18.1. The van der Waals surface area contributed by atoms with Crippen molar-refractivity contribution in [3.8, 4) is 16.8 Å². The molecule has 0 atom stereocenters. The number of rotatable bonds is 5. The summed E-state index contributed by atoms with van der Waals surface area (Å²) in [4.78, 5) is 2.42. The quantitative estimate of drug-likeness (QED) is 0.181. The van der Waals surface area contributed by atoms with Crippen molar-refractivity contribution >= 4 is 82.4 Å². The number of benzene rings is 9. The number of hydrogen-bond donors (Lipinski definition) is 0. The van der Waals surface area contributed by atoms with Gasteiger partial charge in [0.25, 0.3) is 0 Å². The molecule has 0 unspecified atom stereocenters. The van der Waals surface area contributed by atoms with Gasteiger partial charge >= 0.3 is 0 Å². The van der Waals surface area contributed by atoms with Gasteiger partial charge in [0.15, 0.2) is 5.58 Å². The van der Waals surface area contributed by atoms with E-state index in [-0.39, 0.29) is 0 Å². The van der Waals surface area contributed by atoms with Crippen molar-refractivity contribution in [2.45, 2.75) is 0 Å². The molecule has 53 heavy (non-hydrogen) atoms. The van der Waals surface area contributed by atoms with E-state index in [1.54, 1.807) is 0 Å². The van der Waals surface area contributed by atoms with Crippen molar-refractivity contribution in [2.24, 2.45) is 0 Å². The topological polar surface area (TPSA) is 21.3 Å². The lowest BCUT2D eigenvalue weighted by molar-refractivity contribution is 0.669. The maximum Gasteiger partial charge on any atom is 0.159 e. The molecule has 0 fully saturated rings. The minimum Gasteiger partial charge on any atom is -0.454 e. The molecule has 2 heterocycles. The highest BCUT2D eigenvalue weighted by atomic mass is 16.3. The number of anilines is 3. The van der Waals surface area contributed by atoms with Crippen molar-refractivity contribution in [3.05, 3.63) is 194 Å². The third-order valence-electron chi connectivity index (χ3n) is 10.8. The molecular weight excluding hydrogens is 645 g/mol. The summed E-state index contributed by atoms with van der Waals surface area (Å²) >= 11 is 0. The van der Waals surface area contributed by atoms with Crippen LogP contribution in [0.3, 0.4) is 0 Å². The molecule has 0 amide bonds. The Bertz CT molecular complexity index is 3140. The molecule has 3 nitrogen and oxygen atoms in total. The molecule has 0 spiro atoms. The summed E-state index contributed by atoms with van der Waals surface area (Å²) in [6, 6.07) is 69.8. The van der Waals surface area contributed by atoms with Gasteiger partial charge in [-0.2, -0.15) is 0 Å². The van der Waals surface area contributed by atoms with Crippen LogP contribution in [0.2, 0.25) is 0 Å². The van der Waals surface area contributed by atoms with Crippen LogP contribution in [0.25, 0.3) is 82.1 Å². The molecule has 2 aromatic heterocycles. The van der Waals surface area contributed by atoms with Crippen LogP contribution >= 0.6 is 0 Å². The number of para-hydroxylation sites is 5. The molecule has 9 aromatic carbocycles. The van der Waals surface area contributed by atoms with Crippen molar-refractivity contribution in [1.82, 2.24) is 4.57 Å². The van der Waals surface area contributed by atoms with E-state index >= 15 is 0 Å². The fourth-order valence-corrected chi connectivity index (χ4v) is 8.49. The minimum atomic E-state index is 0.858. The Labute approximate surface area is 306 Å². The van der Waals surface area contributed by atoms with Crippen LogP contribution in [0, 0.1) is 0 Å². The van der Waals surface area contributed by atoms with Crippen LogP contribution in [-0.2, 0) is 0 Å². The minimum absolute atomic E-state index is 0.858. The summed E-state index contributed by atoms with van der Waals surface area (Å²) in [6.07, 6.45) is 0. The second-order valence-electron chi connectivity index (χ2n) is 13.7. The summed E-state index contributed by atoms with van der Waals surface area (Å²) in [6.45, 7) is 0. The number of nitrogens with zero attached hydrogens (tertiary/aromatic N) is 2. The van der Waals surface area contributed by atoms with Crippen LogP contribution in [0.4, 0.5) is 17.1 Å². The van der Waals surface area contributed by atoms with Gasteiger partial charge in [0.2, 0.25) is 0 Å². The largest absolute Gasteiger partial charge is 0.454 e. The zero-order valence-corrected chi connectivity index (χ0v) is 28.8. The Morgan fingerprint density at radius 1 is 0.358 bits per heavy atom. The monoisotopic (exact) mass is 676 g/mol. The number of aromatic nitrogens is 1. The molecule has 0 N–H and O–H groups in total. The molecule has 0 aliphatic carbocycles. The molecule has 248 valence electrons. The van der Waals surface area contributed by atoms with Crippen LogP contribution < -0.4 is 4.90 Å². The highest BCUT2D eigenvalue weighted by Crippen LogP contribution is 2.49. The van der Waals surface area contributed by atoms with Crippen LogP contribution in [0.1, 0.15) is 0 Å². The fourth-order valence-electron chi connectivity index (χ4n) is 8.49. The normalized spacial score (nSPS) is 11.8. The molecule has 0 radical (unpaired) electrons. The second kappa shape index (κ2) is 11.7. The molecule has 11 aromatic rings. The average Bonchev–Trinajstić information content (AvgIpc) is 3.77. The summed E-state index contributed by atoms with van der Waals surface area (Å²) in [5.41, 5.74) is 10.7. The van der Waals surface area contributed by atoms with Gasteiger partial charge in [-0.05, 0) is 58.6 Å². The first kappa shape index (κ1) is 29.6. The molecule has 0 saturated heterocycles. The lowest BCUT2D eigenvalue weighted by Crippen LogP contribution is -2.12. The van der Waals surface area contributed by atoms with Crippen molar-refractivity contribution in [2.75, 3.05) is 4.90 Å². The van der Waals surface area contributed by atoms with E-state index < -0.39 is 0 Å². The Balaban J connectivity index is 1.28. The third-order valence-corrected chi connectivity index (χ3v) is 10.8. The summed E-state index contributed by atoms with van der Waals surface area (Å²) < 4.78 is 9.22. The Morgan fingerprint density at radius 3 is 1.68 bits per heavy atom. The molecule has 0 bridgehead atoms. The van der Waals surface area contributed by atoms with E-state index in [9.17, 15) is 0 Å². The van der Waals surface area contributed by atoms with Crippen molar-refractivity contribution < 1.29 is 4.42 Å². The summed E-state index contributed by atoms with van der Waals surface area (Å²) in [5, 5.41) is 9.42. The molecule has 0 aliphatic heterocycles. The van der Waals surface area contributed by atoms with Crippen LogP contribution in [0.15, 0.2) is 199 Å². The zero-order valence-electron chi connectivity index (χ0n) is 28.8. The van der Waals surface area contributed by atoms with Gasteiger partial charge in [-0.25, -0.2) is 0 Å². The van der Waals surface area contributed by atoms with Gasteiger partial charge in [-0.15, -0.1) is 0 Å². The zero-order chi connectivity index (χ0) is 34.9. The highest BCUT2D eigenvalue weighted by Gasteiger charge is 2.26. The predicted molar refractivity (Wildman–Crippen MR) is 223 cm³/mol. The molecule has 11 rings (SSSR count). The molecular formula is C50H32N2O. The predicted octanol–water partition coefficient (Wildman–Crippen LogP) is 14.1. The third kappa shape index (κ3) is 4.47. The van der Waals surface area contributed by atoms with Crippen molar-refractivity contribution in [3.63, 3.8) is 0 Å². The van der Waals surface area contributed by atoms with Gasteiger partial charge in [0.1, 0.15) is 5.58 Å². The molecule has 0 aliphatic rings. The van der Waals surface area contributed by atoms with Gasteiger partial charge in [-0.1, -0.05) is 152 Å². The van der Waals surface area contributed by atoms with Gasteiger partial charge in [-0.3, -0.25) is 0 Å². The number of fused-ring (bicyclic) bond motifs is 8. The summed E-state index contributed by atoms with van der Waals surface area (Å²) in [5.74, 6) is 0. The van der Waals surface area contributed by atoms with E-state index in [0.717, 1.165) is 50.3 Å². The van der Waals surface area contributed by atoms with E-state index in [2.05, 4.69) is 198 Å². The van der Waals surface area contributed by atoms with E-state index in [1.807, 2.05) is 6.07 Å². The summed E-state index contributed by atoms with van der Waals surface area (Å²) in [7, 11) is 0. The number of hydrogen-bond acceptors (Lipinski definition) is 2. The lowest BCUT2D eigenvalue weighted by Gasteiger charge is -2.30. The van der Waals surface area contributed by atoms with E-state index in [4.69, 9.17) is 4.42 Å². The molecule has 0 saturated carbocycles. The maximum atomic E-state index is 6.77. The SMILES string of the molecule is c1ccc(N(c2cccc3ccccc23)c2cccc3c2oc2ccccc23)c(-c2c(-n3c4ccccc4c4ccccc43)ccc3ccccc23)c1. The first-order chi connectivity index (χ1) is 26.3. The Kier molecular flexibility index (Phi) is 6.55. The van der Waals surface area contributed by atoms with Gasteiger partial charge < -0.3 is 13.9 Å². The fraction of sp³-hybridized carbons (Fsp3) is 0. The highest BCUT2D eigenvalue weighted by molar-refractivity contribution is 6.15. The standard InChI is InChI=1S/C50H32N2O/c1-3-18-35-33(15-1)17-13-28-42(35)52(47-29-14-24-40-39-22-8-12-30-48(39)53-50(40)47)45-27-11-7-23-41(45)49-36-19-4-2-16-34(36)31-32-46(49)51-43-25-9-5-20-37(43)38-21-6-10-26-44(38)51/h1-32H. The Hall–Kier alpha value is -7.10. The van der Waals surface area contributed by atoms with E-state index in [0.29, 0.717) is 0 Å². The molecule has 3 heteroatoms. The van der Waals surface area contributed by atoms with E-state index in [1.165, 1.54) is 48.9 Å². The lowest BCUT2D eigenvalue weighted by atomic mass is 9.93. The van der Waals surface area contributed by atoms with Gasteiger partial charge in [0, 0.05) is 38.1 Å². The maximum absolute atomic E-state index is 6.77. The smallest absolute Gasteiger partial charge is 0.159 e.